The first-order valence-electron chi connectivity index (χ1n) is 9.41. The number of nitrogens with zero attached hydrogens (tertiary/aromatic N) is 3. The molecule has 0 bridgehead atoms. The molecule has 3 aliphatic heterocycles. The summed E-state index contributed by atoms with van der Waals surface area (Å²) in [7, 11) is 0. The highest BCUT2D eigenvalue weighted by Crippen LogP contribution is 2.21. The first-order chi connectivity index (χ1) is 10.4. The molecule has 3 fully saturated rings. The van der Waals surface area contributed by atoms with Gasteiger partial charge in [-0.15, -0.1) is 0 Å². The van der Waals surface area contributed by atoms with E-state index in [2.05, 4.69) is 14.7 Å². The molecule has 0 spiro atoms. The number of likely N-dealkylation sites (tertiary alicyclic amines) is 3. The Bertz CT molecular complexity index is 256. The van der Waals surface area contributed by atoms with Gasteiger partial charge in [0.05, 0.1) is 0 Å². The van der Waals surface area contributed by atoms with Gasteiger partial charge in [-0.3, -0.25) is 0 Å². The minimum atomic E-state index is 1.29. The highest BCUT2D eigenvalue weighted by Gasteiger charge is 2.21. The molecule has 121 valence electrons. The first-order valence-corrected chi connectivity index (χ1v) is 9.41. The van der Waals surface area contributed by atoms with E-state index in [0.717, 1.165) is 0 Å². The van der Waals surface area contributed by atoms with Crippen LogP contribution in [0.3, 0.4) is 0 Å². The Kier molecular flexibility index (Phi) is 6.38. The molecule has 3 saturated heterocycles. The van der Waals surface area contributed by atoms with Crippen LogP contribution in [0.5, 0.6) is 0 Å². The molecule has 0 aromatic carbocycles. The number of rotatable bonds is 8. The van der Waals surface area contributed by atoms with Crippen molar-refractivity contribution < 1.29 is 0 Å². The summed E-state index contributed by atoms with van der Waals surface area (Å²) in [4.78, 5) is 8.06. The highest BCUT2D eigenvalue weighted by atomic mass is 15.2. The Morgan fingerprint density at radius 2 is 0.905 bits per heavy atom. The third-order valence-corrected chi connectivity index (χ3v) is 5.61. The van der Waals surface area contributed by atoms with Crippen molar-refractivity contribution in [1.29, 1.82) is 0 Å². The van der Waals surface area contributed by atoms with Crippen LogP contribution in [0.2, 0.25) is 0 Å². The summed E-state index contributed by atoms with van der Waals surface area (Å²) in [5.41, 5.74) is 0. The zero-order chi connectivity index (χ0) is 14.3. The topological polar surface area (TPSA) is 9.72 Å². The molecular weight excluding hydrogens is 258 g/mol. The molecular formula is C18H34N3. The predicted octanol–water partition coefficient (Wildman–Crippen LogP) is 2.63. The normalized spacial score (nSPS) is 25.6. The fourth-order valence-electron chi connectivity index (χ4n) is 4.18. The average Bonchev–Trinajstić information content (AvgIpc) is 3.24. The third kappa shape index (κ3) is 5.22. The van der Waals surface area contributed by atoms with Gasteiger partial charge in [-0.25, -0.2) is 0 Å². The van der Waals surface area contributed by atoms with Crippen molar-refractivity contribution in [1.82, 2.24) is 14.7 Å². The predicted molar refractivity (Wildman–Crippen MR) is 89.5 cm³/mol. The molecule has 1 radical (unpaired) electrons. The van der Waals surface area contributed by atoms with Crippen molar-refractivity contribution >= 4 is 0 Å². The maximum atomic E-state index is 2.70. The van der Waals surface area contributed by atoms with Gasteiger partial charge in [0.25, 0.3) is 0 Å². The van der Waals surface area contributed by atoms with Crippen LogP contribution in [0.15, 0.2) is 0 Å². The SMILES string of the molecule is C1CCN(CC[C](CCN2CCCC2)CN2CCCC2)C1. The molecule has 0 N–H and O–H groups in total. The number of hydrogen-bond donors (Lipinski definition) is 0. The smallest absolute Gasteiger partial charge is 0.00448 e. The van der Waals surface area contributed by atoms with Gasteiger partial charge in [0.1, 0.15) is 0 Å². The van der Waals surface area contributed by atoms with Crippen LogP contribution < -0.4 is 0 Å². The molecule has 21 heavy (non-hydrogen) atoms. The highest BCUT2D eigenvalue weighted by molar-refractivity contribution is 4.96. The molecule has 3 nitrogen and oxygen atoms in total. The molecule has 0 aromatic rings. The van der Waals surface area contributed by atoms with Crippen LogP contribution in [0.25, 0.3) is 0 Å². The Hall–Kier alpha value is -0.120. The molecule has 0 aliphatic carbocycles. The van der Waals surface area contributed by atoms with Gasteiger partial charge in [-0.2, -0.15) is 0 Å². The second-order valence-electron chi connectivity index (χ2n) is 7.33. The second-order valence-corrected chi connectivity index (χ2v) is 7.33. The minimum absolute atomic E-state index is 1.29. The lowest BCUT2D eigenvalue weighted by atomic mass is 10.00. The van der Waals surface area contributed by atoms with E-state index in [1.54, 1.807) is 0 Å². The summed E-state index contributed by atoms with van der Waals surface area (Å²) in [5, 5.41) is 0. The molecule has 3 heteroatoms. The summed E-state index contributed by atoms with van der Waals surface area (Å²) in [6.45, 7) is 12.0. The van der Waals surface area contributed by atoms with Crippen molar-refractivity contribution in [3.05, 3.63) is 5.92 Å². The van der Waals surface area contributed by atoms with Gasteiger partial charge < -0.3 is 14.7 Å². The monoisotopic (exact) mass is 292 g/mol. The fraction of sp³-hybridized carbons (Fsp3) is 0.944. The van der Waals surface area contributed by atoms with E-state index in [1.807, 2.05) is 5.92 Å². The van der Waals surface area contributed by atoms with Crippen LogP contribution in [0.1, 0.15) is 51.4 Å². The maximum absolute atomic E-state index is 2.70. The van der Waals surface area contributed by atoms with Crippen molar-refractivity contribution in [3.63, 3.8) is 0 Å². The van der Waals surface area contributed by atoms with Crippen LogP contribution in [-0.4, -0.2) is 73.6 Å². The quantitative estimate of drug-likeness (QED) is 0.681. The van der Waals surface area contributed by atoms with Crippen LogP contribution >= 0.6 is 0 Å². The zero-order valence-corrected chi connectivity index (χ0v) is 13.9. The van der Waals surface area contributed by atoms with E-state index in [-0.39, 0.29) is 0 Å². The van der Waals surface area contributed by atoms with Gasteiger partial charge in [0.15, 0.2) is 0 Å². The average molecular weight is 292 g/mol. The van der Waals surface area contributed by atoms with E-state index in [4.69, 9.17) is 0 Å². The van der Waals surface area contributed by atoms with E-state index < -0.39 is 0 Å². The molecule has 0 aromatic heterocycles. The molecule has 3 rings (SSSR count). The van der Waals surface area contributed by atoms with E-state index in [0.29, 0.717) is 0 Å². The minimum Gasteiger partial charge on any atom is -0.303 e. The van der Waals surface area contributed by atoms with Crippen molar-refractivity contribution in [2.75, 3.05) is 58.9 Å². The molecule has 3 heterocycles. The Balaban J connectivity index is 1.41. The molecule has 0 saturated carbocycles. The zero-order valence-electron chi connectivity index (χ0n) is 13.9. The summed E-state index contributed by atoms with van der Waals surface area (Å²) < 4.78 is 0. The molecule has 3 aliphatic rings. The fourth-order valence-corrected chi connectivity index (χ4v) is 4.18. The van der Waals surface area contributed by atoms with E-state index in [1.165, 1.54) is 110 Å². The van der Waals surface area contributed by atoms with Crippen molar-refractivity contribution in [2.24, 2.45) is 0 Å². The summed E-state index contributed by atoms with van der Waals surface area (Å²) in [5.74, 6) is 1.83. The van der Waals surface area contributed by atoms with Crippen LogP contribution in [-0.2, 0) is 0 Å². The van der Waals surface area contributed by atoms with Gasteiger partial charge in [-0.1, -0.05) is 0 Å². The lowest BCUT2D eigenvalue weighted by molar-refractivity contribution is 0.283. The summed E-state index contributed by atoms with van der Waals surface area (Å²) >= 11 is 0. The largest absolute Gasteiger partial charge is 0.303 e. The van der Waals surface area contributed by atoms with Gasteiger partial charge in [0.2, 0.25) is 0 Å². The Morgan fingerprint density at radius 3 is 1.33 bits per heavy atom. The lowest BCUT2D eigenvalue weighted by Gasteiger charge is -2.26. The van der Waals surface area contributed by atoms with Crippen LogP contribution in [0, 0.1) is 5.92 Å². The first kappa shape index (κ1) is 15.8. The molecule has 0 atom stereocenters. The Morgan fingerprint density at radius 1 is 0.524 bits per heavy atom. The maximum Gasteiger partial charge on any atom is 0.00448 e. The third-order valence-electron chi connectivity index (χ3n) is 5.61. The van der Waals surface area contributed by atoms with Crippen molar-refractivity contribution in [3.8, 4) is 0 Å². The second kappa shape index (κ2) is 8.50. The van der Waals surface area contributed by atoms with Gasteiger partial charge in [0, 0.05) is 6.54 Å². The standard InChI is InChI=1S/C18H34N3/c1-2-10-19(9-1)15-7-18(17-21-13-5-6-14-21)8-16-20-11-3-4-12-20/h1-17H2. The number of hydrogen-bond acceptors (Lipinski definition) is 3. The van der Waals surface area contributed by atoms with E-state index >= 15 is 0 Å². The lowest BCUT2D eigenvalue weighted by Crippen LogP contribution is -2.31. The van der Waals surface area contributed by atoms with E-state index in [9.17, 15) is 0 Å². The molecule has 0 amide bonds. The Labute approximate surface area is 131 Å². The van der Waals surface area contributed by atoms with Gasteiger partial charge in [-0.05, 0) is 110 Å². The van der Waals surface area contributed by atoms with Crippen LogP contribution in [0.4, 0.5) is 0 Å². The van der Waals surface area contributed by atoms with Gasteiger partial charge >= 0.3 is 0 Å². The van der Waals surface area contributed by atoms with Crippen molar-refractivity contribution in [2.45, 2.75) is 51.4 Å². The summed E-state index contributed by atoms with van der Waals surface area (Å²) in [6.07, 6.45) is 11.3. The summed E-state index contributed by atoms with van der Waals surface area (Å²) in [6, 6.07) is 0. The molecule has 0 unspecified atom stereocenters.